The monoisotopic (exact) mass is 330 g/mol. The van der Waals surface area contributed by atoms with Gasteiger partial charge in [0.2, 0.25) is 0 Å². The number of hydrogen-bond donors (Lipinski definition) is 0. The van der Waals surface area contributed by atoms with Crippen LogP contribution in [0.3, 0.4) is 0 Å². The molecule has 1 saturated carbocycles. The summed E-state index contributed by atoms with van der Waals surface area (Å²) in [7, 11) is 0. The fraction of sp³-hybridized carbons (Fsp3) is 0.176. The van der Waals surface area contributed by atoms with Crippen molar-refractivity contribution < 1.29 is 0 Å². The van der Waals surface area contributed by atoms with Crippen LogP contribution in [0.15, 0.2) is 69.5 Å². The molecule has 0 N–H and O–H groups in total. The first-order valence-corrected chi connectivity index (χ1v) is 8.23. The van der Waals surface area contributed by atoms with E-state index in [0.717, 1.165) is 10.4 Å². The minimum Gasteiger partial charge on any atom is -0.126 e. The zero-order valence-electron chi connectivity index (χ0n) is 10.6. The van der Waals surface area contributed by atoms with Crippen LogP contribution in [0, 0.1) is 5.92 Å². The fourth-order valence-electron chi connectivity index (χ4n) is 2.05. The van der Waals surface area contributed by atoms with Crippen molar-refractivity contribution in [2.24, 2.45) is 5.92 Å². The van der Waals surface area contributed by atoms with Gasteiger partial charge in [0, 0.05) is 15.1 Å². The minimum absolute atomic E-state index is 0.772. The Bertz CT molecular complexity index is 572. The molecule has 0 amide bonds. The molecule has 0 aliphatic heterocycles. The van der Waals surface area contributed by atoms with E-state index >= 15 is 0 Å². The van der Waals surface area contributed by atoms with E-state index in [0.29, 0.717) is 0 Å². The molecule has 0 spiro atoms. The molecule has 1 unspecified atom stereocenters. The predicted octanol–water partition coefficient (Wildman–Crippen LogP) is 5.64. The standard InChI is InChI=1S/C17H15BrS/c18-16-8-6-13(7-9-16)10-14-11-15(14)12-19-17-4-2-1-3-5-17/h1-10,15H,11-12H2/b14-10+. The highest BCUT2D eigenvalue weighted by Crippen LogP contribution is 2.42. The summed E-state index contributed by atoms with van der Waals surface area (Å²) in [5.74, 6) is 1.97. The van der Waals surface area contributed by atoms with Gasteiger partial charge >= 0.3 is 0 Å². The van der Waals surface area contributed by atoms with Gasteiger partial charge in [0.15, 0.2) is 0 Å². The van der Waals surface area contributed by atoms with Gasteiger partial charge in [-0.05, 0) is 42.2 Å². The van der Waals surface area contributed by atoms with Crippen molar-refractivity contribution in [3.63, 3.8) is 0 Å². The van der Waals surface area contributed by atoms with Crippen LogP contribution in [-0.2, 0) is 0 Å². The molecular formula is C17H15BrS. The molecule has 1 fully saturated rings. The zero-order valence-corrected chi connectivity index (χ0v) is 13.0. The number of rotatable bonds is 4. The maximum absolute atomic E-state index is 3.47. The van der Waals surface area contributed by atoms with Crippen molar-refractivity contribution in [2.45, 2.75) is 11.3 Å². The summed E-state index contributed by atoms with van der Waals surface area (Å²) in [5, 5.41) is 0. The SMILES string of the molecule is Brc1ccc(/C=C2\CC2CSc2ccccc2)cc1. The van der Waals surface area contributed by atoms with E-state index in [2.05, 4.69) is 76.6 Å². The normalized spacial score (nSPS) is 19.6. The molecule has 0 radical (unpaired) electrons. The maximum Gasteiger partial charge on any atom is 0.0175 e. The smallest absolute Gasteiger partial charge is 0.0175 e. The van der Waals surface area contributed by atoms with Crippen molar-refractivity contribution in [1.29, 1.82) is 0 Å². The second-order valence-corrected chi connectivity index (χ2v) is 6.80. The Labute approximate surface area is 127 Å². The lowest BCUT2D eigenvalue weighted by Gasteiger charge is -1.98. The number of benzene rings is 2. The Morgan fingerprint density at radius 3 is 2.53 bits per heavy atom. The Kier molecular flexibility index (Phi) is 4.09. The molecule has 96 valence electrons. The first kappa shape index (κ1) is 13.0. The van der Waals surface area contributed by atoms with Crippen LogP contribution in [-0.4, -0.2) is 5.75 Å². The summed E-state index contributed by atoms with van der Waals surface area (Å²) in [6.45, 7) is 0. The maximum atomic E-state index is 3.47. The van der Waals surface area contributed by atoms with Gasteiger partial charge < -0.3 is 0 Å². The third-order valence-electron chi connectivity index (χ3n) is 3.26. The van der Waals surface area contributed by atoms with Crippen molar-refractivity contribution in [3.05, 3.63) is 70.2 Å². The largest absolute Gasteiger partial charge is 0.126 e. The van der Waals surface area contributed by atoms with Crippen molar-refractivity contribution >= 4 is 33.8 Å². The summed E-state index contributed by atoms with van der Waals surface area (Å²) < 4.78 is 1.14. The highest BCUT2D eigenvalue weighted by molar-refractivity contribution is 9.10. The molecule has 0 heterocycles. The molecule has 0 aromatic heterocycles. The molecule has 0 bridgehead atoms. The van der Waals surface area contributed by atoms with Crippen LogP contribution in [0.5, 0.6) is 0 Å². The summed E-state index contributed by atoms with van der Waals surface area (Å²) in [6.07, 6.45) is 3.60. The predicted molar refractivity (Wildman–Crippen MR) is 87.4 cm³/mol. The summed E-state index contributed by atoms with van der Waals surface area (Å²) in [6, 6.07) is 19.2. The molecule has 0 nitrogen and oxygen atoms in total. The molecule has 2 aromatic rings. The van der Waals surface area contributed by atoms with Crippen LogP contribution >= 0.6 is 27.7 Å². The van der Waals surface area contributed by atoms with Gasteiger partial charge in [0.25, 0.3) is 0 Å². The second-order valence-electron chi connectivity index (χ2n) is 4.80. The number of allylic oxidation sites excluding steroid dienone is 1. The highest BCUT2D eigenvalue weighted by Gasteiger charge is 2.29. The van der Waals surface area contributed by atoms with E-state index in [1.165, 1.54) is 22.6 Å². The third kappa shape index (κ3) is 3.74. The van der Waals surface area contributed by atoms with Gasteiger partial charge in [0.1, 0.15) is 0 Å². The quantitative estimate of drug-likeness (QED) is 0.653. The van der Waals surface area contributed by atoms with Gasteiger partial charge in [-0.2, -0.15) is 0 Å². The lowest BCUT2D eigenvalue weighted by atomic mass is 10.2. The Morgan fingerprint density at radius 1 is 1.05 bits per heavy atom. The minimum atomic E-state index is 0.772. The molecular weight excluding hydrogens is 316 g/mol. The summed E-state index contributed by atoms with van der Waals surface area (Å²) in [5.41, 5.74) is 2.90. The highest BCUT2D eigenvalue weighted by atomic mass is 79.9. The molecule has 1 aliphatic rings. The van der Waals surface area contributed by atoms with Crippen LogP contribution in [0.2, 0.25) is 0 Å². The topological polar surface area (TPSA) is 0 Å². The summed E-state index contributed by atoms with van der Waals surface area (Å²) >= 11 is 5.43. The second kappa shape index (κ2) is 5.98. The van der Waals surface area contributed by atoms with Gasteiger partial charge in [-0.3, -0.25) is 0 Å². The molecule has 19 heavy (non-hydrogen) atoms. The Balaban J connectivity index is 1.55. The third-order valence-corrected chi connectivity index (χ3v) is 4.97. The molecule has 0 saturated heterocycles. The average Bonchev–Trinajstić information content (AvgIpc) is 3.19. The van der Waals surface area contributed by atoms with Crippen LogP contribution < -0.4 is 0 Å². The van der Waals surface area contributed by atoms with Gasteiger partial charge in [-0.25, -0.2) is 0 Å². The lowest BCUT2D eigenvalue weighted by Crippen LogP contribution is -1.81. The van der Waals surface area contributed by atoms with Crippen LogP contribution in [0.25, 0.3) is 6.08 Å². The first-order valence-electron chi connectivity index (χ1n) is 6.45. The van der Waals surface area contributed by atoms with Crippen molar-refractivity contribution in [2.75, 3.05) is 5.75 Å². The van der Waals surface area contributed by atoms with Gasteiger partial charge in [-0.15, -0.1) is 11.8 Å². The van der Waals surface area contributed by atoms with Crippen LogP contribution in [0.4, 0.5) is 0 Å². The molecule has 1 aliphatic carbocycles. The van der Waals surface area contributed by atoms with Gasteiger partial charge in [-0.1, -0.05) is 57.9 Å². The molecule has 1 atom stereocenters. The molecule has 3 rings (SSSR count). The number of thioether (sulfide) groups is 1. The fourth-order valence-corrected chi connectivity index (χ4v) is 3.39. The van der Waals surface area contributed by atoms with E-state index in [9.17, 15) is 0 Å². The Hall–Kier alpha value is -0.990. The van der Waals surface area contributed by atoms with E-state index in [4.69, 9.17) is 0 Å². The van der Waals surface area contributed by atoms with Crippen molar-refractivity contribution in [1.82, 2.24) is 0 Å². The van der Waals surface area contributed by atoms with Gasteiger partial charge in [0.05, 0.1) is 0 Å². The van der Waals surface area contributed by atoms with Crippen LogP contribution in [0.1, 0.15) is 12.0 Å². The molecule has 2 aromatic carbocycles. The number of halogens is 1. The van der Waals surface area contributed by atoms with E-state index in [1.807, 2.05) is 11.8 Å². The first-order chi connectivity index (χ1) is 9.31. The number of hydrogen-bond acceptors (Lipinski definition) is 1. The van der Waals surface area contributed by atoms with E-state index < -0.39 is 0 Å². The molecule has 2 heteroatoms. The zero-order chi connectivity index (χ0) is 13.1. The Morgan fingerprint density at radius 2 is 1.79 bits per heavy atom. The average molecular weight is 331 g/mol. The van der Waals surface area contributed by atoms with E-state index in [1.54, 1.807) is 5.57 Å². The summed E-state index contributed by atoms with van der Waals surface area (Å²) in [4.78, 5) is 1.37. The lowest BCUT2D eigenvalue weighted by molar-refractivity contribution is 1.04. The van der Waals surface area contributed by atoms with Crippen molar-refractivity contribution in [3.8, 4) is 0 Å². The van der Waals surface area contributed by atoms with E-state index in [-0.39, 0.29) is 0 Å².